The molecule has 1 aromatic carbocycles. The SMILES string of the molecule is Cc1cccc2nc(C(=O)O)c(N=Nc3ccc(C(N)=O)cc3)n12. The van der Waals surface area contributed by atoms with Gasteiger partial charge >= 0.3 is 5.97 Å². The van der Waals surface area contributed by atoms with Crippen LogP contribution in [0.4, 0.5) is 11.5 Å². The number of azo groups is 1. The molecule has 120 valence electrons. The molecule has 0 atom stereocenters. The van der Waals surface area contributed by atoms with Crippen molar-refractivity contribution in [1.82, 2.24) is 9.38 Å². The van der Waals surface area contributed by atoms with E-state index in [-0.39, 0.29) is 11.5 Å². The Kier molecular flexibility index (Phi) is 3.78. The van der Waals surface area contributed by atoms with E-state index in [1.54, 1.807) is 28.7 Å². The number of carboxylic acid groups (broad SMARTS) is 1. The van der Waals surface area contributed by atoms with Gasteiger partial charge in [-0.25, -0.2) is 9.78 Å². The zero-order chi connectivity index (χ0) is 17.3. The molecule has 3 N–H and O–H groups in total. The first-order chi connectivity index (χ1) is 11.5. The monoisotopic (exact) mass is 323 g/mol. The number of aromatic carboxylic acids is 1. The van der Waals surface area contributed by atoms with E-state index in [0.29, 0.717) is 16.9 Å². The number of hydrogen-bond acceptors (Lipinski definition) is 5. The summed E-state index contributed by atoms with van der Waals surface area (Å²) in [4.78, 5) is 26.5. The van der Waals surface area contributed by atoms with Crippen molar-refractivity contribution < 1.29 is 14.7 Å². The van der Waals surface area contributed by atoms with E-state index in [2.05, 4.69) is 15.2 Å². The van der Waals surface area contributed by atoms with Gasteiger partial charge in [0.1, 0.15) is 5.65 Å². The molecule has 8 nitrogen and oxygen atoms in total. The van der Waals surface area contributed by atoms with Gasteiger partial charge in [-0.05, 0) is 43.3 Å². The highest BCUT2D eigenvalue weighted by Gasteiger charge is 2.19. The molecule has 0 saturated carbocycles. The first kappa shape index (κ1) is 15.3. The number of fused-ring (bicyclic) bond motifs is 1. The van der Waals surface area contributed by atoms with Crippen LogP contribution in [-0.2, 0) is 0 Å². The average molecular weight is 323 g/mol. The van der Waals surface area contributed by atoms with Crippen molar-refractivity contribution in [2.45, 2.75) is 6.92 Å². The molecule has 0 spiro atoms. The standard InChI is InChI=1S/C16H13N5O3/c1-9-3-2-4-12-18-13(16(23)24)15(21(9)12)20-19-11-7-5-10(6-8-11)14(17)22/h2-8H,1H3,(H2,17,22)(H,23,24). The summed E-state index contributed by atoms with van der Waals surface area (Å²) < 4.78 is 1.62. The maximum absolute atomic E-state index is 11.4. The summed E-state index contributed by atoms with van der Waals surface area (Å²) in [6, 6.07) is 11.5. The largest absolute Gasteiger partial charge is 0.476 e. The lowest BCUT2D eigenvalue weighted by molar-refractivity contribution is 0.0692. The molecule has 0 unspecified atom stereocenters. The fourth-order valence-corrected chi connectivity index (χ4v) is 2.27. The van der Waals surface area contributed by atoms with Crippen LogP contribution in [0.25, 0.3) is 5.65 Å². The Morgan fingerprint density at radius 3 is 2.46 bits per heavy atom. The second kappa shape index (κ2) is 5.92. The van der Waals surface area contributed by atoms with Gasteiger partial charge in [-0.1, -0.05) is 6.07 Å². The Bertz CT molecular complexity index is 973. The minimum Gasteiger partial charge on any atom is -0.476 e. The lowest BCUT2D eigenvalue weighted by atomic mass is 10.2. The van der Waals surface area contributed by atoms with Crippen LogP contribution in [0, 0.1) is 6.92 Å². The fourth-order valence-electron chi connectivity index (χ4n) is 2.27. The summed E-state index contributed by atoms with van der Waals surface area (Å²) in [5.41, 5.74) is 7.07. The number of nitrogens with zero attached hydrogens (tertiary/aromatic N) is 4. The van der Waals surface area contributed by atoms with Crippen molar-refractivity contribution in [3.05, 3.63) is 59.4 Å². The number of carbonyl (C=O) groups excluding carboxylic acids is 1. The lowest BCUT2D eigenvalue weighted by Crippen LogP contribution is -2.10. The zero-order valence-corrected chi connectivity index (χ0v) is 12.7. The molecule has 0 fully saturated rings. The fraction of sp³-hybridized carbons (Fsp3) is 0.0625. The van der Waals surface area contributed by atoms with Crippen molar-refractivity contribution in [2.24, 2.45) is 16.0 Å². The summed E-state index contributed by atoms with van der Waals surface area (Å²) in [5.74, 6) is -1.59. The molecule has 0 aliphatic carbocycles. The Labute approximate surface area is 136 Å². The molecule has 2 heterocycles. The minimum absolute atomic E-state index is 0.134. The van der Waals surface area contributed by atoms with Crippen molar-refractivity contribution in [2.75, 3.05) is 0 Å². The first-order valence-electron chi connectivity index (χ1n) is 7.00. The first-order valence-corrected chi connectivity index (χ1v) is 7.00. The highest BCUT2D eigenvalue weighted by atomic mass is 16.4. The van der Waals surface area contributed by atoms with Gasteiger partial charge in [0.15, 0.2) is 11.5 Å². The number of amides is 1. The quantitative estimate of drug-likeness (QED) is 0.716. The molecule has 3 aromatic rings. The zero-order valence-electron chi connectivity index (χ0n) is 12.7. The van der Waals surface area contributed by atoms with Gasteiger partial charge in [0, 0.05) is 11.3 Å². The van der Waals surface area contributed by atoms with Gasteiger partial charge in [-0.2, -0.15) is 0 Å². The van der Waals surface area contributed by atoms with Gasteiger partial charge in [0.05, 0.1) is 5.69 Å². The highest BCUT2D eigenvalue weighted by molar-refractivity contribution is 5.93. The minimum atomic E-state index is -1.18. The summed E-state index contributed by atoms with van der Waals surface area (Å²) >= 11 is 0. The second-order valence-electron chi connectivity index (χ2n) is 5.06. The van der Waals surface area contributed by atoms with Gasteiger partial charge in [-0.15, -0.1) is 10.2 Å². The molecule has 0 aliphatic rings. The third-order valence-electron chi connectivity index (χ3n) is 3.43. The summed E-state index contributed by atoms with van der Waals surface area (Å²) in [7, 11) is 0. The smallest absolute Gasteiger partial charge is 0.358 e. The van der Waals surface area contributed by atoms with Crippen molar-refractivity contribution in [3.8, 4) is 0 Å². The topological polar surface area (TPSA) is 122 Å². The number of pyridine rings is 1. The second-order valence-corrected chi connectivity index (χ2v) is 5.06. The summed E-state index contributed by atoms with van der Waals surface area (Å²) in [6.07, 6.45) is 0. The maximum Gasteiger partial charge on any atom is 0.358 e. The van der Waals surface area contributed by atoms with Gasteiger partial charge in [0.2, 0.25) is 5.91 Å². The lowest BCUT2D eigenvalue weighted by Gasteiger charge is -2.01. The molecule has 1 amide bonds. The van der Waals surface area contributed by atoms with Crippen LogP contribution in [0.3, 0.4) is 0 Å². The Morgan fingerprint density at radius 1 is 1.12 bits per heavy atom. The van der Waals surface area contributed by atoms with E-state index in [9.17, 15) is 14.7 Å². The van der Waals surface area contributed by atoms with E-state index in [4.69, 9.17) is 5.73 Å². The van der Waals surface area contributed by atoms with Gasteiger partial charge in [-0.3, -0.25) is 9.20 Å². The molecule has 2 aromatic heterocycles. The molecule has 0 saturated heterocycles. The van der Waals surface area contributed by atoms with E-state index in [1.165, 1.54) is 12.1 Å². The number of benzene rings is 1. The number of aromatic nitrogens is 2. The predicted octanol–water partition coefficient (Wildman–Crippen LogP) is 2.86. The summed E-state index contributed by atoms with van der Waals surface area (Å²) in [5, 5.41) is 17.4. The Morgan fingerprint density at radius 2 is 1.83 bits per heavy atom. The molecular formula is C16H13N5O3. The molecule has 0 radical (unpaired) electrons. The van der Waals surface area contributed by atoms with E-state index in [0.717, 1.165) is 5.69 Å². The van der Waals surface area contributed by atoms with Crippen molar-refractivity contribution in [3.63, 3.8) is 0 Å². The van der Waals surface area contributed by atoms with Gasteiger partial charge in [0.25, 0.3) is 0 Å². The predicted molar refractivity (Wildman–Crippen MR) is 86.0 cm³/mol. The number of rotatable bonds is 4. The number of aryl methyl sites for hydroxylation is 1. The average Bonchev–Trinajstić information content (AvgIpc) is 2.93. The van der Waals surface area contributed by atoms with Crippen LogP contribution < -0.4 is 5.73 Å². The van der Waals surface area contributed by atoms with Crippen LogP contribution in [-0.4, -0.2) is 26.4 Å². The van der Waals surface area contributed by atoms with Crippen molar-refractivity contribution >= 4 is 29.0 Å². The number of imidazole rings is 1. The molecule has 24 heavy (non-hydrogen) atoms. The number of carboxylic acids is 1. The summed E-state index contributed by atoms with van der Waals surface area (Å²) in [6.45, 7) is 1.82. The third-order valence-corrected chi connectivity index (χ3v) is 3.43. The van der Waals surface area contributed by atoms with Crippen LogP contribution in [0.15, 0.2) is 52.7 Å². The Balaban J connectivity index is 2.07. The Hall–Kier alpha value is -3.55. The van der Waals surface area contributed by atoms with Crippen molar-refractivity contribution in [1.29, 1.82) is 0 Å². The highest BCUT2D eigenvalue weighted by Crippen LogP contribution is 2.25. The van der Waals surface area contributed by atoms with Crippen LogP contribution in [0.5, 0.6) is 0 Å². The maximum atomic E-state index is 11.4. The molecule has 0 bridgehead atoms. The molecule has 0 aliphatic heterocycles. The number of primary amides is 1. The molecule has 3 rings (SSSR count). The number of carbonyl (C=O) groups is 2. The van der Waals surface area contributed by atoms with Crippen LogP contribution >= 0.6 is 0 Å². The van der Waals surface area contributed by atoms with Gasteiger partial charge < -0.3 is 10.8 Å². The van der Waals surface area contributed by atoms with Crippen LogP contribution in [0.2, 0.25) is 0 Å². The normalized spacial score (nSPS) is 11.2. The van der Waals surface area contributed by atoms with E-state index < -0.39 is 11.9 Å². The number of hydrogen-bond donors (Lipinski definition) is 2. The number of nitrogens with two attached hydrogens (primary N) is 1. The third kappa shape index (κ3) is 2.72. The van der Waals surface area contributed by atoms with Crippen LogP contribution in [0.1, 0.15) is 26.5 Å². The van der Waals surface area contributed by atoms with E-state index in [1.807, 2.05) is 13.0 Å². The van der Waals surface area contributed by atoms with E-state index >= 15 is 0 Å². The molecular weight excluding hydrogens is 310 g/mol. The molecule has 8 heteroatoms.